The van der Waals surface area contributed by atoms with Crippen LogP contribution in [-0.2, 0) is 19.1 Å². The molecule has 1 aliphatic heterocycles. The molecule has 15 nitrogen and oxygen atoms in total. The zero-order valence-electron chi connectivity index (χ0n) is 22.2. The lowest BCUT2D eigenvalue weighted by Crippen LogP contribution is -2.86. The molecule has 2 aromatic carbocycles. The van der Waals surface area contributed by atoms with Crippen molar-refractivity contribution in [1.29, 1.82) is 0 Å². The quantitative estimate of drug-likeness (QED) is 0.159. The minimum atomic E-state index is -3.71. The molecule has 5 atom stereocenters. The summed E-state index contributed by atoms with van der Waals surface area (Å²) >= 11 is 0. The number of hydrogen-bond donors (Lipinski definition) is 8. The second-order valence-electron chi connectivity index (χ2n) is 9.80. The van der Waals surface area contributed by atoms with Gasteiger partial charge in [-0.3, -0.25) is 19.2 Å². The van der Waals surface area contributed by atoms with E-state index in [4.69, 9.17) is 13.9 Å². The Balaban J connectivity index is 2.07. The van der Waals surface area contributed by atoms with Crippen LogP contribution in [0.15, 0.2) is 39.5 Å². The summed E-state index contributed by atoms with van der Waals surface area (Å²) in [5.41, 5.74) is -12.6. The number of carbonyl (C=O) groups excluding carboxylic acids is 3. The van der Waals surface area contributed by atoms with Crippen LogP contribution < -0.4 is 10.2 Å². The monoisotopic (exact) mass is 590 g/mol. The summed E-state index contributed by atoms with van der Waals surface area (Å²) in [5, 5.41) is 83.9. The fourth-order valence-electron chi connectivity index (χ4n) is 5.10. The van der Waals surface area contributed by atoms with Gasteiger partial charge in [-0.2, -0.15) is 0 Å². The van der Waals surface area contributed by atoms with Crippen LogP contribution >= 0.6 is 0 Å². The normalized spacial score (nSPS) is 27.5. The fraction of sp³-hybridized carbons (Fsp3) is 0.333. The smallest absolute Gasteiger partial charge is 0.240 e. The van der Waals surface area contributed by atoms with E-state index >= 15 is 0 Å². The maximum Gasteiger partial charge on any atom is 0.240 e. The Labute approximate surface area is 235 Å². The number of phenolic OH excluding ortho intramolecular Hbond substituents is 4. The van der Waals surface area contributed by atoms with Crippen molar-refractivity contribution in [2.75, 3.05) is 6.61 Å². The zero-order chi connectivity index (χ0) is 31.5. The predicted molar refractivity (Wildman–Crippen MR) is 138 cm³/mol. The molecule has 1 aromatic heterocycles. The third kappa shape index (κ3) is 4.01. The molecule has 4 rings (SSSR count). The van der Waals surface area contributed by atoms with E-state index in [1.165, 1.54) is 0 Å². The van der Waals surface area contributed by atoms with Crippen LogP contribution in [0.1, 0.15) is 20.8 Å². The highest BCUT2D eigenvalue weighted by Crippen LogP contribution is 2.48. The highest BCUT2D eigenvalue weighted by molar-refractivity contribution is 6.05. The molecule has 15 heteroatoms. The van der Waals surface area contributed by atoms with Crippen molar-refractivity contribution in [3.63, 3.8) is 0 Å². The van der Waals surface area contributed by atoms with Gasteiger partial charge in [-0.15, -0.1) is 0 Å². The van der Waals surface area contributed by atoms with Crippen molar-refractivity contribution >= 4 is 28.3 Å². The van der Waals surface area contributed by atoms with E-state index in [1.807, 2.05) is 0 Å². The number of hydrogen-bond acceptors (Lipinski definition) is 15. The molecular formula is C27H26O15. The molecule has 1 saturated heterocycles. The molecule has 224 valence electrons. The molecule has 0 aliphatic carbocycles. The van der Waals surface area contributed by atoms with Gasteiger partial charge >= 0.3 is 0 Å². The van der Waals surface area contributed by atoms with Gasteiger partial charge in [0, 0.05) is 17.7 Å². The molecule has 0 amide bonds. The number of fused-ring (bicyclic) bond motifs is 1. The van der Waals surface area contributed by atoms with Gasteiger partial charge in [0.2, 0.25) is 28.7 Å². The number of aromatic hydroxyl groups is 4. The molecular weight excluding hydrogens is 564 g/mol. The van der Waals surface area contributed by atoms with Crippen molar-refractivity contribution in [2.45, 2.75) is 50.0 Å². The summed E-state index contributed by atoms with van der Waals surface area (Å²) in [6, 6.07) is 4.75. The van der Waals surface area contributed by atoms with Gasteiger partial charge in [-0.05, 0) is 39.0 Å². The van der Waals surface area contributed by atoms with E-state index in [1.54, 1.807) is 0 Å². The molecule has 0 bridgehead atoms. The molecule has 42 heavy (non-hydrogen) atoms. The van der Waals surface area contributed by atoms with Crippen LogP contribution in [0.3, 0.4) is 0 Å². The van der Waals surface area contributed by atoms with Gasteiger partial charge in [0.05, 0.1) is 6.61 Å². The van der Waals surface area contributed by atoms with Crippen LogP contribution in [0.5, 0.6) is 28.7 Å². The van der Waals surface area contributed by atoms with Gasteiger partial charge in [0.1, 0.15) is 28.6 Å². The SMILES string of the molecule is CC(=O)[C@]1(O)[C@@](O)(C(C)=O)[C@@H](CO)OC(Oc2c(-c3ccc(O)c(O)c3)oc3cc(O)cc(O)c3c2=O)[C@@]1(O)C(C)=O. The summed E-state index contributed by atoms with van der Waals surface area (Å²) < 4.78 is 16.7. The predicted octanol–water partition coefficient (Wildman–Crippen LogP) is -0.661. The number of carbonyl (C=O) groups is 3. The Morgan fingerprint density at radius 3 is 2.00 bits per heavy atom. The molecule has 0 radical (unpaired) electrons. The minimum absolute atomic E-state index is 0.190. The molecule has 1 aliphatic rings. The average Bonchev–Trinajstić information content (AvgIpc) is 2.90. The van der Waals surface area contributed by atoms with Gasteiger partial charge in [0.15, 0.2) is 40.2 Å². The molecule has 2 heterocycles. The van der Waals surface area contributed by atoms with Crippen LogP contribution in [0.4, 0.5) is 0 Å². The lowest BCUT2D eigenvalue weighted by Gasteiger charge is -2.56. The van der Waals surface area contributed by atoms with E-state index in [-0.39, 0.29) is 5.56 Å². The molecule has 1 fully saturated rings. The summed E-state index contributed by atoms with van der Waals surface area (Å²) in [5.74, 6) is -8.59. The number of aliphatic hydroxyl groups excluding tert-OH is 1. The molecule has 3 aromatic rings. The first-order chi connectivity index (χ1) is 19.5. The summed E-state index contributed by atoms with van der Waals surface area (Å²) in [7, 11) is 0. The van der Waals surface area contributed by atoms with Crippen molar-refractivity contribution in [3.05, 3.63) is 40.6 Å². The Morgan fingerprint density at radius 1 is 0.857 bits per heavy atom. The zero-order valence-corrected chi connectivity index (χ0v) is 22.2. The highest BCUT2D eigenvalue weighted by atomic mass is 16.7. The van der Waals surface area contributed by atoms with Crippen molar-refractivity contribution in [3.8, 4) is 40.1 Å². The van der Waals surface area contributed by atoms with Gasteiger partial charge in [-0.1, -0.05) is 0 Å². The third-order valence-corrected chi connectivity index (χ3v) is 7.33. The standard InChI is InChI=1S/C27H26O15/c1-10(29)25(37)19(9-28)41-24(26(38,11(2)30)27(25,39)12(3)31)42-23-21(36)20-17(35)7-14(32)8-18(20)40-22(23)13-4-5-15(33)16(34)6-13/h4-8,19,24,28,32-35,37-39H,9H2,1-3H3/t19-,24?,25-,26+,27+/m1/s1. The number of benzene rings is 2. The van der Waals surface area contributed by atoms with Crippen molar-refractivity contribution < 1.29 is 69.1 Å². The van der Waals surface area contributed by atoms with Gasteiger partial charge < -0.3 is 54.7 Å². The largest absolute Gasteiger partial charge is 0.508 e. The Morgan fingerprint density at radius 2 is 1.48 bits per heavy atom. The third-order valence-electron chi connectivity index (χ3n) is 7.33. The summed E-state index contributed by atoms with van der Waals surface area (Å²) in [6.07, 6.45) is -4.84. The van der Waals surface area contributed by atoms with Crippen LogP contribution in [0.25, 0.3) is 22.3 Å². The topological polar surface area (TPSA) is 262 Å². The Hall–Kier alpha value is -4.54. The van der Waals surface area contributed by atoms with Crippen LogP contribution in [0.2, 0.25) is 0 Å². The maximum atomic E-state index is 13.7. The summed E-state index contributed by atoms with van der Waals surface area (Å²) in [6.45, 7) is 0.722. The van der Waals surface area contributed by atoms with Crippen LogP contribution in [-0.4, -0.2) is 94.0 Å². The molecule has 0 saturated carbocycles. The highest BCUT2D eigenvalue weighted by Gasteiger charge is 2.79. The van der Waals surface area contributed by atoms with Crippen LogP contribution in [0, 0.1) is 0 Å². The van der Waals surface area contributed by atoms with Gasteiger partial charge in [0.25, 0.3) is 0 Å². The Kier molecular flexibility index (Phi) is 7.30. The van der Waals surface area contributed by atoms with E-state index in [0.717, 1.165) is 30.3 Å². The molecule has 1 unspecified atom stereocenters. The number of phenols is 4. The van der Waals surface area contributed by atoms with Crippen molar-refractivity contribution in [2.24, 2.45) is 0 Å². The van der Waals surface area contributed by atoms with Crippen molar-refractivity contribution in [1.82, 2.24) is 0 Å². The van der Waals surface area contributed by atoms with E-state index in [2.05, 4.69) is 0 Å². The molecule has 8 N–H and O–H groups in total. The first-order valence-corrected chi connectivity index (χ1v) is 12.1. The minimum Gasteiger partial charge on any atom is -0.508 e. The number of aliphatic hydroxyl groups is 4. The second-order valence-corrected chi connectivity index (χ2v) is 9.80. The number of Topliss-reactive ketones (excluding diaryl/α,β-unsaturated/α-hetero) is 3. The number of ketones is 3. The van der Waals surface area contributed by atoms with E-state index in [9.17, 15) is 60.0 Å². The van der Waals surface area contributed by atoms with E-state index < -0.39 is 104 Å². The maximum absolute atomic E-state index is 13.7. The fourth-order valence-corrected chi connectivity index (χ4v) is 5.10. The summed E-state index contributed by atoms with van der Waals surface area (Å²) in [4.78, 5) is 52.1. The molecule has 0 spiro atoms. The number of ether oxygens (including phenoxy) is 2. The number of rotatable bonds is 7. The lowest BCUT2D eigenvalue weighted by molar-refractivity contribution is -0.353. The second kappa shape index (κ2) is 10.1. The van der Waals surface area contributed by atoms with Gasteiger partial charge in [-0.25, -0.2) is 0 Å². The lowest BCUT2D eigenvalue weighted by atomic mass is 9.61. The average molecular weight is 590 g/mol. The first-order valence-electron chi connectivity index (χ1n) is 12.1. The Bertz CT molecular complexity index is 1690. The van der Waals surface area contributed by atoms with E-state index in [0.29, 0.717) is 20.8 Å². The first kappa shape index (κ1) is 30.4.